The Balaban J connectivity index is 2.95. The molecule has 0 aliphatic heterocycles. The molecule has 2 N–H and O–H groups in total. The van der Waals surface area contributed by atoms with Gasteiger partial charge in [0.25, 0.3) is 0 Å². The van der Waals surface area contributed by atoms with Gasteiger partial charge >= 0.3 is 0 Å². The van der Waals surface area contributed by atoms with Crippen LogP contribution in [-0.4, -0.2) is 17.4 Å². The first-order chi connectivity index (χ1) is 9.95. The van der Waals surface area contributed by atoms with Crippen molar-refractivity contribution >= 4 is 17.5 Å². The van der Waals surface area contributed by atoms with Crippen LogP contribution in [-0.2, 0) is 9.59 Å². The molecule has 122 valence electrons. The summed E-state index contributed by atoms with van der Waals surface area (Å²) in [4.78, 5) is 24.9. The zero-order valence-electron chi connectivity index (χ0n) is 14.7. The zero-order chi connectivity index (χ0) is 17.1. The van der Waals surface area contributed by atoms with Crippen LogP contribution in [0.5, 0.6) is 0 Å². The van der Waals surface area contributed by atoms with Crippen molar-refractivity contribution in [1.82, 2.24) is 5.32 Å². The number of nitrogens with one attached hydrogen (secondary N) is 2. The van der Waals surface area contributed by atoms with Gasteiger partial charge in [0.15, 0.2) is 0 Å². The average molecular weight is 304 g/mol. The highest BCUT2D eigenvalue weighted by Gasteiger charge is 2.37. The third-order valence-corrected chi connectivity index (χ3v) is 3.45. The molecule has 0 spiro atoms. The summed E-state index contributed by atoms with van der Waals surface area (Å²) >= 11 is 0. The van der Waals surface area contributed by atoms with E-state index in [0.717, 1.165) is 11.3 Å². The molecule has 0 radical (unpaired) electrons. The molecule has 22 heavy (non-hydrogen) atoms. The molecule has 1 rings (SSSR count). The van der Waals surface area contributed by atoms with E-state index in [4.69, 9.17) is 0 Å². The quantitative estimate of drug-likeness (QED) is 0.833. The van der Waals surface area contributed by atoms with Crippen molar-refractivity contribution in [3.63, 3.8) is 0 Å². The fourth-order valence-corrected chi connectivity index (χ4v) is 1.99. The Kier molecular flexibility index (Phi) is 5.39. The van der Waals surface area contributed by atoms with Gasteiger partial charge in [0, 0.05) is 11.2 Å². The van der Waals surface area contributed by atoms with E-state index in [9.17, 15) is 9.59 Å². The molecule has 4 heteroatoms. The Hall–Kier alpha value is -1.84. The third-order valence-electron chi connectivity index (χ3n) is 3.45. The van der Waals surface area contributed by atoms with Crippen molar-refractivity contribution in [2.75, 3.05) is 5.32 Å². The average Bonchev–Trinajstić information content (AvgIpc) is 2.36. The summed E-state index contributed by atoms with van der Waals surface area (Å²) in [6.45, 7) is 13.1. The topological polar surface area (TPSA) is 58.2 Å². The van der Waals surface area contributed by atoms with Gasteiger partial charge in [0.2, 0.25) is 11.8 Å². The van der Waals surface area contributed by atoms with Crippen LogP contribution in [0.15, 0.2) is 24.3 Å². The lowest BCUT2D eigenvalue weighted by Gasteiger charge is -2.29. The van der Waals surface area contributed by atoms with Crippen molar-refractivity contribution in [1.29, 1.82) is 0 Å². The predicted molar refractivity (Wildman–Crippen MR) is 90.8 cm³/mol. The monoisotopic (exact) mass is 304 g/mol. The van der Waals surface area contributed by atoms with Gasteiger partial charge in [-0.1, -0.05) is 32.0 Å². The fraction of sp³-hybridized carbons (Fsp3) is 0.556. The van der Waals surface area contributed by atoms with E-state index in [1.54, 1.807) is 13.8 Å². The van der Waals surface area contributed by atoms with E-state index in [1.807, 2.05) is 45.0 Å². The summed E-state index contributed by atoms with van der Waals surface area (Å²) in [6.07, 6.45) is 0. The number of carbonyl (C=O) groups excluding carboxylic acids is 2. The van der Waals surface area contributed by atoms with Crippen molar-refractivity contribution in [3.8, 4) is 0 Å². The van der Waals surface area contributed by atoms with E-state index in [2.05, 4.69) is 24.5 Å². The maximum absolute atomic E-state index is 12.6. The number of amides is 2. The molecular weight excluding hydrogens is 276 g/mol. The lowest BCUT2D eigenvalue weighted by atomic mass is 9.89. The molecule has 0 bridgehead atoms. The Labute approximate surface area is 133 Å². The number of carbonyl (C=O) groups is 2. The molecule has 0 aromatic heterocycles. The SMILES string of the molecule is CC(C)c1ccccc1NC(=O)C(C)(C)C(=O)NC(C)(C)C. The second-order valence-corrected chi connectivity index (χ2v) is 7.53. The Bertz CT molecular complexity index is 554. The fourth-order valence-electron chi connectivity index (χ4n) is 1.99. The lowest BCUT2D eigenvalue weighted by Crippen LogP contribution is -2.51. The molecule has 0 aliphatic rings. The Morgan fingerprint density at radius 3 is 2.00 bits per heavy atom. The highest BCUT2D eigenvalue weighted by Crippen LogP contribution is 2.26. The first kappa shape index (κ1) is 18.2. The summed E-state index contributed by atoms with van der Waals surface area (Å²) in [5.74, 6) is -0.287. The first-order valence-electron chi connectivity index (χ1n) is 7.68. The van der Waals surface area contributed by atoms with Crippen LogP contribution >= 0.6 is 0 Å². The summed E-state index contributed by atoms with van der Waals surface area (Å²) in [6, 6.07) is 7.68. The Morgan fingerprint density at radius 2 is 1.50 bits per heavy atom. The van der Waals surface area contributed by atoms with E-state index >= 15 is 0 Å². The van der Waals surface area contributed by atoms with Gasteiger partial charge in [0.05, 0.1) is 0 Å². The Morgan fingerprint density at radius 1 is 0.955 bits per heavy atom. The summed E-state index contributed by atoms with van der Waals surface area (Å²) in [5.41, 5.74) is 0.309. The third kappa shape index (κ3) is 4.58. The lowest BCUT2D eigenvalue weighted by molar-refractivity contribution is -0.139. The molecule has 0 saturated carbocycles. The number of hydrogen-bond acceptors (Lipinski definition) is 2. The summed E-state index contributed by atoms with van der Waals surface area (Å²) in [5, 5.41) is 5.76. The maximum Gasteiger partial charge on any atom is 0.239 e. The number of rotatable bonds is 4. The molecule has 0 saturated heterocycles. The van der Waals surface area contributed by atoms with Gasteiger partial charge in [-0.15, -0.1) is 0 Å². The highest BCUT2D eigenvalue weighted by atomic mass is 16.2. The standard InChI is InChI=1S/C18H28N2O2/c1-12(2)13-10-8-9-11-14(13)19-15(21)18(6,7)16(22)20-17(3,4)5/h8-12H,1-7H3,(H,19,21)(H,20,22). The van der Waals surface area contributed by atoms with Crippen LogP contribution in [0.2, 0.25) is 0 Å². The largest absolute Gasteiger partial charge is 0.351 e. The van der Waals surface area contributed by atoms with Gasteiger partial charge < -0.3 is 10.6 Å². The summed E-state index contributed by atoms with van der Waals surface area (Å²) in [7, 11) is 0. The molecule has 0 unspecified atom stereocenters. The smallest absolute Gasteiger partial charge is 0.239 e. The van der Waals surface area contributed by atoms with Gasteiger partial charge in [-0.3, -0.25) is 9.59 Å². The van der Waals surface area contributed by atoms with Crippen molar-refractivity contribution in [3.05, 3.63) is 29.8 Å². The second kappa shape index (κ2) is 6.51. The van der Waals surface area contributed by atoms with Crippen molar-refractivity contribution < 1.29 is 9.59 Å². The van der Waals surface area contributed by atoms with E-state index < -0.39 is 5.41 Å². The molecule has 1 aromatic carbocycles. The van der Waals surface area contributed by atoms with Gasteiger partial charge in [-0.25, -0.2) is 0 Å². The molecule has 0 aliphatic carbocycles. The molecule has 0 fully saturated rings. The minimum atomic E-state index is -1.14. The number of anilines is 1. The maximum atomic E-state index is 12.6. The van der Waals surface area contributed by atoms with E-state index in [-0.39, 0.29) is 17.4 Å². The van der Waals surface area contributed by atoms with Crippen LogP contribution in [0.25, 0.3) is 0 Å². The van der Waals surface area contributed by atoms with Crippen LogP contribution < -0.4 is 10.6 Å². The number of benzene rings is 1. The zero-order valence-corrected chi connectivity index (χ0v) is 14.7. The molecule has 0 heterocycles. The minimum Gasteiger partial charge on any atom is -0.351 e. The van der Waals surface area contributed by atoms with Crippen LogP contribution in [0.3, 0.4) is 0 Å². The molecule has 0 atom stereocenters. The van der Waals surface area contributed by atoms with E-state index in [0.29, 0.717) is 5.92 Å². The molecule has 4 nitrogen and oxygen atoms in total. The second-order valence-electron chi connectivity index (χ2n) is 7.53. The van der Waals surface area contributed by atoms with Gasteiger partial charge in [0.1, 0.15) is 5.41 Å². The molecular formula is C18H28N2O2. The van der Waals surface area contributed by atoms with E-state index in [1.165, 1.54) is 0 Å². The van der Waals surface area contributed by atoms with Crippen molar-refractivity contribution in [2.45, 2.75) is 59.9 Å². The molecule has 1 aromatic rings. The van der Waals surface area contributed by atoms with Gasteiger partial charge in [-0.2, -0.15) is 0 Å². The first-order valence-corrected chi connectivity index (χ1v) is 7.68. The number of para-hydroxylation sites is 1. The molecule has 2 amide bonds. The summed E-state index contributed by atoms with van der Waals surface area (Å²) < 4.78 is 0. The van der Waals surface area contributed by atoms with Gasteiger partial charge in [-0.05, 0) is 52.2 Å². The minimum absolute atomic E-state index is 0.278. The predicted octanol–water partition coefficient (Wildman–Crippen LogP) is 3.69. The number of hydrogen-bond donors (Lipinski definition) is 2. The van der Waals surface area contributed by atoms with Crippen LogP contribution in [0, 0.1) is 5.41 Å². The van der Waals surface area contributed by atoms with Crippen molar-refractivity contribution in [2.24, 2.45) is 5.41 Å². The van der Waals surface area contributed by atoms with Crippen LogP contribution in [0.4, 0.5) is 5.69 Å². The highest BCUT2D eigenvalue weighted by molar-refractivity contribution is 6.10. The van der Waals surface area contributed by atoms with Crippen LogP contribution in [0.1, 0.15) is 59.9 Å². The normalized spacial score (nSPS) is 12.2.